The van der Waals surface area contributed by atoms with E-state index in [9.17, 15) is 14.7 Å². The van der Waals surface area contributed by atoms with E-state index in [0.717, 1.165) is 11.3 Å². The SMILES string of the molecule is C[n+]1cc(O)cc(C#Cc2cncc(C(=O)N3CCN(c4ccc(C(=O)NSCc5ccccc5)cc4)CC3)c2)c1. The molecule has 3 heterocycles. The molecule has 2 aromatic heterocycles. The molecule has 0 bridgehead atoms. The fraction of sp³-hybridized carbons (Fsp3) is 0.188. The number of aromatic nitrogens is 2. The third-order valence-corrected chi connectivity index (χ3v) is 7.43. The second-order valence-corrected chi connectivity index (χ2v) is 10.5. The van der Waals surface area contributed by atoms with Crippen LogP contribution in [-0.4, -0.2) is 53.0 Å². The van der Waals surface area contributed by atoms with Crippen LogP contribution in [0.25, 0.3) is 0 Å². The van der Waals surface area contributed by atoms with Gasteiger partial charge in [-0.05, 0) is 47.8 Å². The van der Waals surface area contributed by atoms with Crippen LogP contribution in [0.4, 0.5) is 5.69 Å². The van der Waals surface area contributed by atoms with Crippen LogP contribution in [0.1, 0.15) is 37.4 Å². The number of rotatable bonds is 6. The lowest BCUT2D eigenvalue weighted by atomic mass is 10.1. The molecule has 2 amide bonds. The Morgan fingerprint density at radius 2 is 1.66 bits per heavy atom. The maximum Gasteiger partial charge on any atom is 0.261 e. The number of hydrogen-bond acceptors (Lipinski definition) is 6. The number of amides is 2. The van der Waals surface area contributed by atoms with Crippen LogP contribution in [0.3, 0.4) is 0 Å². The first-order chi connectivity index (χ1) is 19.9. The summed E-state index contributed by atoms with van der Waals surface area (Å²) in [6.45, 7) is 2.52. The summed E-state index contributed by atoms with van der Waals surface area (Å²) in [6, 6.07) is 20.9. The highest BCUT2D eigenvalue weighted by Gasteiger charge is 2.23. The molecular weight excluding hydrogens is 534 g/mol. The van der Waals surface area contributed by atoms with Crippen molar-refractivity contribution in [3.05, 3.63) is 119 Å². The molecule has 9 heteroatoms. The van der Waals surface area contributed by atoms with Gasteiger partial charge in [0.05, 0.1) is 11.1 Å². The van der Waals surface area contributed by atoms with Gasteiger partial charge < -0.3 is 14.9 Å². The van der Waals surface area contributed by atoms with E-state index in [2.05, 4.69) is 26.4 Å². The molecule has 5 rings (SSSR count). The highest BCUT2D eigenvalue weighted by molar-refractivity contribution is 7.97. The Hall–Kier alpha value is -4.81. The summed E-state index contributed by atoms with van der Waals surface area (Å²) in [7, 11) is 1.81. The number of piperazine rings is 1. The number of benzene rings is 2. The Balaban J connectivity index is 1.13. The normalized spacial score (nSPS) is 12.8. The minimum atomic E-state index is -0.121. The van der Waals surface area contributed by atoms with Crippen molar-refractivity contribution >= 4 is 29.4 Å². The average molecular weight is 565 g/mol. The zero-order valence-corrected chi connectivity index (χ0v) is 23.5. The summed E-state index contributed by atoms with van der Waals surface area (Å²) >= 11 is 1.38. The molecule has 206 valence electrons. The van der Waals surface area contributed by atoms with Gasteiger partial charge in [-0.25, -0.2) is 4.57 Å². The summed E-state index contributed by atoms with van der Waals surface area (Å²) in [5.41, 5.74) is 4.57. The van der Waals surface area contributed by atoms with Crippen molar-refractivity contribution in [1.82, 2.24) is 14.6 Å². The fourth-order valence-electron chi connectivity index (χ4n) is 4.53. The summed E-state index contributed by atoms with van der Waals surface area (Å²) in [6.07, 6.45) is 6.59. The molecule has 0 saturated carbocycles. The monoisotopic (exact) mass is 564 g/mol. The van der Waals surface area contributed by atoms with Crippen LogP contribution in [0.5, 0.6) is 5.75 Å². The zero-order chi connectivity index (χ0) is 28.6. The first-order valence-electron chi connectivity index (χ1n) is 13.2. The Kier molecular flexibility index (Phi) is 8.82. The van der Waals surface area contributed by atoms with E-state index < -0.39 is 0 Å². The molecule has 0 unspecified atom stereocenters. The topological polar surface area (TPSA) is 89.7 Å². The molecule has 1 saturated heterocycles. The number of nitrogens with one attached hydrogen (secondary N) is 1. The van der Waals surface area contributed by atoms with Crippen molar-refractivity contribution in [2.24, 2.45) is 7.05 Å². The summed E-state index contributed by atoms with van der Waals surface area (Å²) < 4.78 is 4.63. The van der Waals surface area contributed by atoms with Gasteiger partial charge in [-0.3, -0.25) is 19.3 Å². The van der Waals surface area contributed by atoms with E-state index in [1.54, 1.807) is 35.3 Å². The lowest BCUT2D eigenvalue weighted by Crippen LogP contribution is -2.48. The number of aryl methyl sites for hydroxylation is 1. The van der Waals surface area contributed by atoms with Gasteiger partial charge in [-0.1, -0.05) is 42.2 Å². The molecule has 1 aliphatic heterocycles. The smallest absolute Gasteiger partial charge is 0.261 e. The van der Waals surface area contributed by atoms with Crippen LogP contribution in [-0.2, 0) is 12.8 Å². The van der Waals surface area contributed by atoms with Gasteiger partial charge in [0.2, 0.25) is 6.20 Å². The molecule has 4 aromatic rings. The Morgan fingerprint density at radius 1 is 0.927 bits per heavy atom. The molecule has 2 aromatic carbocycles. The molecule has 8 nitrogen and oxygen atoms in total. The number of anilines is 1. The number of carbonyl (C=O) groups excluding carboxylic acids is 2. The first-order valence-corrected chi connectivity index (χ1v) is 14.2. The molecule has 0 atom stereocenters. The first kappa shape index (κ1) is 27.7. The van der Waals surface area contributed by atoms with Crippen molar-refractivity contribution in [2.45, 2.75) is 5.75 Å². The van der Waals surface area contributed by atoms with E-state index in [1.165, 1.54) is 11.9 Å². The largest absolute Gasteiger partial charge is 0.503 e. The van der Waals surface area contributed by atoms with Gasteiger partial charge in [0.15, 0.2) is 11.9 Å². The van der Waals surface area contributed by atoms with Gasteiger partial charge in [-0.2, -0.15) is 0 Å². The van der Waals surface area contributed by atoms with Crippen LogP contribution in [0.2, 0.25) is 0 Å². The molecule has 0 radical (unpaired) electrons. The molecule has 0 aliphatic carbocycles. The average Bonchev–Trinajstić information content (AvgIpc) is 3.00. The van der Waals surface area contributed by atoms with Crippen LogP contribution in [0, 0.1) is 11.8 Å². The third kappa shape index (κ3) is 7.44. The molecule has 2 N–H and O–H groups in total. The van der Waals surface area contributed by atoms with Crippen LogP contribution in [0.15, 0.2) is 91.5 Å². The van der Waals surface area contributed by atoms with Crippen molar-refractivity contribution < 1.29 is 19.3 Å². The summed E-state index contributed by atoms with van der Waals surface area (Å²) in [4.78, 5) is 34.0. The van der Waals surface area contributed by atoms with Gasteiger partial charge in [-0.15, -0.1) is 0 Å². The predicted octanol–water partition coefficient (Wildman–Crippen LogP) is 3.55. The third-order valence-electron chi connectivity index (χ3n) is 6.63. The molecular formula is C32H30N5O3S+. The highest BCUT2D eigenvalue weighted by atomic mass is 32.2. The Morgan fingerprint density at radius 3 is 2.39 bits per heavy atom. The molecule has 1 aliphatic rings. The Bertz CT molecular complexity index is 1570. The second-order valence-electron chi connectivity index (χ2n) is 9.69. The second kappa shape index (κ2) is 13.0. The molecule has 1 fully saturated rings. The number of nitrogens with zero attached hydrogens (tertiary/aromatic N) is 4. The van der Waals surface area contributed by atoms with Crippen LogP contribution < -0.4 is 14.2 Å². The number of aromatic hydroxyl groups is 1. The maximum atomic E-state index is 13.2. The lowest BCUT2D eigenvalue weighted by Gasteiger charge is -2.36. The summed E-state index contributed by atoms with van der Waals surface area (Å²) in [5.74, 6) is 6.68. The minimum Gasteiger partial charge on any atom is -0.503 e. The van der Waals surface area contributed by atoms with Gasteiger partial charge in [0, 0.05) is 67.2 Å². The number of pyridine rings is 2. The Labute approximate surface area is 243 Å². The van der Waals surface area contributed by atoms with Gasteiger partial charge in [0.25, 0.3) is 11.8 Å². The van der Waals surface area contributed by atoms with Gasteiger partial charge in [0.1, 0.15) is 7.05 Å². The number of carbonyl (C=O) groups is 2. The van der Waals surface area contributed by atoms with Crippen molar-refractivity contribution in [2.75, 3.05) is 31.1 Å². The quantitative estimate of drug-likeness (QED) is 0.212. The van der Waals surface area contributed by atoms with E-state index in [0.29, 0.717) is 54.2 Å². The van der Waals surface area contributed by atoms with E-state index >= 15 is 0 Å². The van der Waals surface area contributed by atoms with Crippen molar-refractivity contribution in [3.63, 3.8) is 0 Å². The zero-order valence-electron chi connectivity index (χ0n) is 22.7. The van der Waals surface area contributed by atoms with Crippen LogP contribution >= 0.6 is 11.9 Å². The predicted molar refractivity (Wildman–Crippen MR) is 159 cm³/mol. The highest BCUT2D eigenvalue weighted by Crippen LogP contribution is 2.19. The van der Waals surface area contributed by atoms with Gasteiger partial charge >= 0.3 is 0 Å². The summed E-state index contributed by atoms with van der Waals surface area (Å²) in [5, 5.41) is 9.77. The van der Waals surface area contributed by atoms with Crippen molar-refractivity contribution in [1.29, 1.82) is 0 Å². The van der Waals surface area contributed by atoms with E-state index in [4.69, 9.17) is 0 Å². The van der Waals surface area contributed by atoms with E-state index in [1.807, 2.05) is 72.7 Å². The fourth-order valence-corrected chi connectivity index (χ4v) is 5.21. The molecule has 41 heavy (non-hydrogen) atoms. The maximum absolute atomic E-state index is 13.2. The van der Waals surface area contributed by atoms with Crippen molar-refractivity contribution in [3.8, 4) is 17.6 Å². The number of hydrogen-bond donors (Lipinski definition) is 2. The standard InChI is InChI=1S/C32H29N5O3S/c1-35-21-26(18-30(38)22-35)8-7-25-17-28(20-33-19-25)32(40)37-15-13-36(14-16-37)29-11-9-27(10-12-29)31(39)34-41-23-24-5-3-2-4-6-24/h2-6,9-12,17-22H,13-16,23H2,1H3,(H-,34,38,39)/p+1. The van der Waals surface area contributed by atoms with E-state index in [-0.39, 0.29) is 17.6 Å². The lowest BCUT2D eigenvalue weighted by molar-refractivity contribution is -0.672. The minimum absolute atomic E-state index is 0.0791. The molecule has 0 spiro atoms.